The number of ether oxygens (including phenoxy) is 2. The van der Waals surface area contributed by atoms with Gasteiger partial charge in [0.15, 0.2) is 18.1 Å². The summed E-state index contributed by atoms with van der Waals surface area (Å²) in [5.74, 6) is 1.02. The predicted octanol–water partition coefficient (Wildman–Crippen LogP) is 4.77. The van der Waals surface area contributed by atoms with Crippen molar-refractivity contribution in [3.05, 3.63) is 79.5 Å². The highest BCUT2D eigenvalue weighted by Gasteiger charge is 2.14. The molecule has 11 heteroatoms. The van der Waals surface area contributed by atoms with Gasteiger partial charge in [0.05, 0.1) is 21.3 Å². The quantitative estimate of drug-likeness (QED) is 0.154. The van der Waals surface area contributed by atoms with Crippen molar-refractivity contribution in [1.29, 1.82) is 0 Å². The van der Waals surface area contributed by atoms with E-state index >= 15 is 0 Å². The van der Waals surface area contributed by atoms with E-state index in [9.17, 15) is 14.9 Å². The van der Waals surface area contributed by atoms with E-state index in [-0.39, 0.29) is 18.2 Å². The number of carbonyl (C=O) groups excluding carboxylic acids is 1. The molecule has 2 N–H and O–H groups in total. The van der Waals surface area contributed by atoms with Crippen LogP contribution < -0.4 is 20.2 Å². The van der Waals surface area contributed by atoms with E-state index < -0.39 is 4.92 Å². The van der Waals surface area contributed by atoms with Gasteiger partial charge in [-0.2, -0.15) is 5.10 Å². The van der Waals surface area contributed by atoms with E-state index in [0.717, 1.165) is 20.9 Å². The number of hydrogen-bond acceptors (Lipinski definition) is 8. The maximum Gasteiger partial charge on any atom is 0.287 e. The van der Waals surface area contributed by atoms with Gasteiger partial charge in [-0.1, -0.05) is 17.7 Å². The lowest BCUT2D eigenvalue weighted by Crippen LogP contribution is -2.20. The van der Waals surface area contributed by atoms with E-state index in [1.165, 1.54) is 12.1 Å². The van der Waals surface area contributed by atoms with E-state index in [0.29, 0.717) is 29.6 Å². The van der Waals surface area contributed by atoms with Crippen LogP contribution in [0.15, 0.2) is 59.8 Å². The van der Waals surface area contributed by atoms with Crippen molar-refractivity contribution < 1.29 is 19.2 Å². The van der Waals surface area contributed by atoms with Crippen LogP contribution in [0.5, 0.6) is 11.5 Å². The van der Waals surface area contributed by atoms with E-state index in [4.69, 9.17) is 9.47 Å². The summed E-state index contributed by atoms with van der Waals surface area (Å²) in [5.41, 5.74) is 5.14. The summed E-state index contributed by atoms with van der Waals surface area (Å²) < 4.78 is 12.2. The predicted molar refractivity (Wildman–Crippen MR) is 138 cm³/mol. The highest BCUT2D eigenvalue weighted by molar-refractivity contribution is 14.1. The Kier molecular flexibility index (Phi) is 8.73. The molecule has 0 bridgehead atoms. The number of hydrazone groups is 1. The van der Waals surface area contributed by atoms with Gasteiger partial charge in [-0.05, 0) is 72.3 Å². The number of anilines is 2. The lowest BCUT2D eigenvalue weighted by Gasteiger charge is -2.14. The van der Waals surface area contributed by atoms with Gasteiger partial charge < -0.3 is 14.8 Å². The first-order chi connectivity index (χ1) is 16.4. The maximum absolute atomic E-state index is 12.3. The molecule has 0 unspecified atom stereocenters. The van der Waals surface area contributed by atoms with Crippen molar-refractivity contribution in [2.75, 3.05) is 24.0 Å². The Morgan fingerprint density at radius 3 is 2.62 bits per heavy atom. The molecule has 10 nitrogen and oxygen atoms in total. The Morgan fingerprint density at radius 1 is 1.21 bits per heavy atom. The highest BCUT2D eigenvalue weighted by atomic mass is 127. The molecule has 3 rings (SSSR count). The zero-order chi connectivity index (χ0) is 24.5. The van der Waals surface area contributed by atoms with Gasteiger partial charge in [-0.25, -0.2) is 4.98 Å². The molecule has 0 aliphatic rings. The summed E-state index contributed by atoms with van der Waals surface area (Å²) in [4.78, 5) is 26.4. The lowest BCUT2D eigenvalue weighted by molar-refractivity contribution is -0.385. The molecule has 0 aliphatic carbocycles. The monoisotopic (exact) mass is 575 g/mol. The number of pyridine rings is 1. The largest absolute Gasteiger partial charge is 0.490 e. The average Bonchev–Trinajstić information content (AvgIpc) is 2.80. The molecule has 1 heterocycles. The summed E-state index contributed by atoms with van der Waals surface area (Å²) in [6.45, 7) is 4.06. The van der Waals surface area contributed by atoms with Gasteiger partial charge in [0.25, 0.3) is 11.6 Å². The Balaban J connectivity index is 1.65. The maximum atomic E-state index is 12.3. The lowest BCUT2D eigenvalue weighted by atomic mass is 10.2. The van der Waals surface area contributed by atoms with Crippen molar-refractivity contribution in [2.45, 2.75) is 13.8 Å². The number of hydrogen-bond donors (Lipinski definition) is 2. The van der Waals surface area contributed by atoms with Gasteiger partial charge in [-0.3, -0.25) is 20.3 Å². The van der Waals surface area contributed by atoms with Gasteiger partial charge >= 0.3 is 0 Å². The highest BCUT2D eigenvalue weighted by Crippen LogP contribution is 2.34. The number of nitrogens with zero attached hydrogens (tertiary/aromatic N) is 3. The van der Waals surface area contributed by atoms with Crippen LogP contribution in [0.25, 0.3) is 0 Å². The second kappa shape index (κ2) is 11.9. The molecule has 2 aromatic carbocycles. The summed E-state index contributed by atoms with van der Waals surface area (Å²) in [7, 11) is 0. The summed E-state index contributed by atoms with van der Waals surface area (Å²) in [6.07, 6.45) is 2.71. The number of aryl methyl sites for hydroxylation is 1. The molecule has 0 atom stereocenters. The van der Waals surface area contributed by atoms with Gasteiger partial charge in [-0.15, -0.1) is 0 Å². The van der Waals surface area contributed by atoms with Crippen molar-refractivity contribution >= 4 is 51.9 Å². The number of carbonyl (C=O) groups is 1. The second-order valence-corrected chi connectivity index (χ2v) is 8.16. The van der Waals surface area contributed by atoms with Crippen molar-refractivity contribution in [3.8, 4) is 11.5 Å². The topological polar surface area (TPSA) is 128 Å². The Hall–Kier alpha value is -3.74. The van der Waals surface area contributed by atoms with Crippen molar-refractivity contribution in [1.82, 2.24) is 4.98 Å². The number of aromatic nitrogens is 1. The van der Waals surface area contributed by atoms with Crippen LogP contribution in [-0.2, 0) is 4.79 Å². The molecule has 0 saturated heterocycles. The Bertz CT molecular complexity index is 1180. The number of halogens is 1. The third-order valence-electron chi connectivity index (χ3n) is 4.37. The van der Waals surface area contributed by atoms with Gasteiger partial charge in [0.1, 0.15) is 12.0 Å². The first kappa shape index (κ1) is 24.9. The van der Waals surface area contributed by atoms with Crippen LogP contribution in [-0.4, -0.2) is 35.2 Å². The SMILES string of the molecule is CCOc1cc(C=NNc2ccc([N+](=O)[O-])cn2)cc(I)c1OCC(=O)Nc1ccc(C)cc1. The van der Waals surface area contributed by atoms with Crippen LogP contribution in [0.2, 0.25) is 0 Å². The van der Waals surface area contributed by atoms with Gasteiger partial charge in [0, 0.05) is 11.8 Å². The minimum absolute atomic E-state index is 0.103. The molecule has 0 aliphatic heterocycles. The standard InChI is InChI=1S/C23H22IN5O5/c1-3-33-20-11-16(12-26-28-21-9-8-18(13-25-21)29(31)32)10-19(24)23(20)34-14-22(30)27-17-6-4-15(2)5-7-17/h4-13H,3,14H2,1-2H3,(H,25,28)(H,27,30). The van der Waals surface area contributed by atoms with Crippen LogP contribution in [0.1, 0.15) is 18.1 Å². The first-order valence-corrected chi connectivity index (χ1v) is 11.3. The third-order valence-corrected chi connectivity index (χ3v) is 5.17. The Morgan fingerprint density at radius 2 is 1.97 bits per heavy atom. The Labute approximate surface area is 209 Å². The van der Waals surface area contributed by atoms with E-state index in [1.54, 1.807) is 12.3 Å². The first-order valence-electron chi connectivity index (χ1n) is 10.2. The van der Waals surface area contributed by atoms with Gasteiger partial charge in [0.2, 0.25) is 0 Å². The van der Waals surface area contributed by atoms with Crippen LogP contribution in [0.3, 0.4) is 0 Å². The minimum Gasteiger partial charge on any atom is -0.490 e. The minimum atomic E-state index is -0.521. The average molecular weight is 575 g/mol. The summed E-state index contributed by atoms with van der Waals surface area (Å²) >= 11 is 2.10. The number of amides is 1. The molecule has 0 saturated carbocycles. The fourth-order valence-electron chi connectivity index (χ4n) is 2.77. The molecule has 176 valence electrons. The molecule has 0 spiro atoms. The number of rotatable bonds is 10. The van der Waals surface area contributed by atoms with Crippen LogP contribution in [0.4, 0.5) is 17.2 Å². The third kappa shape index (κ3) is 7.13. The molecular formula is C23H22IN5O5. The smallest absolute Gasteiger partial charge is 0.287 e. The zero-order valence-corrected chi connectivity index (χ0v) is 20.6. The summed E-state index contributed by atoms with van der Waals surface area (Å²) in [6, 6.07) is 13.9. The molecule has 0 radical (unpaired) electrons. The van der Waals surface area contributed by atoms with E-state index in [1.807, 2.05) is 44.2 Å². The van der Waals surface area contributed by atoms with Crippen molar-refractivity contribution in [2.24, 2.45) is 5.10 Å². The number of nitro groups is 1. The van der Waals surface area contributed by atoms with Crippen LogP contribution in [0, 0.1) is 20.6 Å². The van der Waals surface area contributed by atoms with Crippen LogP contribution >= 0.6 is 22.6 Å². The molecular weight excluding hydrogens is 553 g/mol. The molecule has 1 amide bonds. The van der Waals surface area contributed by atoms with Crippen molar-refractivity contribution in [3.63, 3.8) is 0 Å². The fraction of sp³-hybridized carbons (Fsp3) is 0.174. The molecule has 0 fully saturated rings. The summed E-state index contributed by atoms with van der Waals surface area (Å²) in [5, 5.41) is 17.6. The zero-order valence-electron chi connectivity index (χ0n) is 18.4. The van der Waals surface area contributed by atoms with E-state index in [2.05, 4.69) is 43.4 Å². The number of benzene rings is 2. The molecule has 1 aromatic heterocycles. The number of nitrogens with one attached hydrogen (secondary N) is 2. The molecule has 3 aromatic rings. The second-order valence-electron chi connectivity index (χ2n) is 6.99. The normalized spacial score (nSPS) is 10.7. The molecule has 34 heavy (non-hydrogen) atoms. The fourth-order valence-corrected chi connectivity index (χ4v) is 3.55.